The zero-order valence-electron chi connectivity index (χ0n) is 28.8. The summed E-state index contributed by atoms with van der Waals surface area (Å²) in [6.07, 6.45) is 1.59. The Labute approximate surface area is 289 Å². The molecule has 3 aromatic carbocycles. The van der Waals surface area contributed by atoms with Gasteiger partial charge in [-0.05, 0) is 87.7 Å². The minimum absolute atomic E-state index is 0.0873. The molecule has 13 heteroatoms. The number of anilines is 2. The molecule has 4 rings (SSSR count). The fourth-order valence-corrected chi connectivity index (χ4v) is 6.58. The Balaban J connectivity index is 1.60. The van der Waals surface area contributed by atoms with E-state index in [0.29, 0.717) is 30.2 Å². The molecule has 3 aromatic rings. The lowest BCUT2D eigenvalue weighted by Crippen LogP contribution is -2.48. The molecule has 0 saturated carbocycles. The van der Waals surface area contributed by atoms with Crippen LogP contribution >= 0.6 is 0 Å². The molecule has 0 spiro atoms. The van der Waals surface area contributed by atoms with Gasteiger partial charge >= 0.3 is 6.03 Å². The van der Waals surface area contributed by atoms with Crippen LogP contribution in [0.25, 0.3) is 0 Å². The van der Waals surface area contributed by atoms with E-state index in [1.165, 1.54) is 18.2 Å². The van der Waals surface area contributed by atoms with Crippen molar-refractivity contribution in [2.45, 2.75) is 63.2 Å². The fraction of sp³-hybridized carbons (Fsp3) is 0.444. The van der Waals surface area contributed by atoms with Gasteiger partial charge in [-0.1, -0.05) is 25.1 Å². The van der Waals surface area contributed by atoms with Gasteiger partial charge in [-0.25, -0.2) is 13.2 Å². The summed E-state index contributed by atoms with van der Waals surface area (Å²) in [6.45, 7) is 6.20. The highest BCUT2D eigenvalue weighted by atomic mass is 32.2. The van der Waals surface area contributed by atoms with Crippen LogP contribution in [-0.2, 0) is 14.8 Å². The Morgan fingerprint density at radius 2 is 1.76 bits per heavy atom. The van der Waals surface area contributed by atoms with Crippen LogP contribution in [0.4, 0.5) is 16.2 Å². The van der Waals surface area contributed by atoms with E-state index in [1.54, 1.807) is 85.5 Å². The minimum atomic E-state index is -3.92. The van der Waals surface area contributed by atoms with E-state index in [1.807, 2.05) is 13.8 Å². The molecule has 1 aliphatic heterocycles. The van der Waals surface area contributed by atoms with Crippen molar-refractivity contribution >= 4 is 33.3 Å². The van der Waals surface area contributed by atoms with Gasteiger partial charge in [0.15, 0.2) is 0 Å². The van der Waals surface area contributed by atoms with E-state index in [-0.39, 0.29) is 53.9 Å². The number of likely N-dealkylation sites (N-methyl/N-ethyl adjacent to an activating group) is 1. The van der Waals surface area contributed by atoms with Gasteiger partial charge in [0.25, 0.3) is 15.9 Å². The second-order valence-electron chi connectivity index (χ2n) is 12.5. The Morgan fingerprint density at radius 3 is 2.43 bits per heavy atom. The summed E-state index contributed by atoms with van der Waals surface area (Å²) in [5.41, 5.74) is 0.980. The number of aliphatic hydroxyl groups is 1. The molecule has 0 fully saturated rings. The molecule has 49 heavy (non-hydrogen) atoms. The highest BCUT2D eigenvalue weighted by Crippen LogP contribution is 2.29. The molecule has 4 atom stereocenters. The Morgan fingerprint density at radius 1 is 1.06 bits per heavy atom. The lowest BCUT2D eigenvalue weighted by molar-refractivity contribution is -0.0115. The summed E-state index contributed by atoms with van der Waals surface area (Å²) >= 11 is 0. The lowest BCUT2D eigenvalue weighted by Gasteiger charge is -2.35. The van der Waals surface area contributed by atoms with Crippen LogP contribution in [0.3, 0.4) is 0 Å². The summed E-state index contributed by atoms with van der Waals surface area (Å²) in [5.74, 6) is 0.304. The third-order valence-electron chi connectivity index (χ3n) is 8.50. The van der Waals surface area contributed by atoms with Crippen molar-refractivity contribution in [1.29, 1.82) is 0 Å². The fourth-order valence-electron chi connectivity index (χ4n) is 5.51. The number of hydrogen-bond acceptors (Lipinski definition) is 8. The summed E-state index contributed by atoms with van der Waals surface area (Å²) < 4.78 is 46.6. The molecule has 0 radical (unpaired) electrons. The van der Waals surface area contributed by atoms with Crippen LogP contribution in [0.5, 0.6) is 11.5 Å². The Kier molecular flexibility index (Phi) is 13.3. The predicted octanol–water partition coefficient (Wildman–Crippen LogP) is 5.46. The summed E-state index contributed by atoms with van der Waals surface area (Å²) in [4.78, 5) is 30.7. The third kappa shape index (κ3) is 10.3. The van der Waals surface area contributed by atoms with E-state index in [9.17, 15) is 23.1 Å². The topological polar surface area (TPSA) is 147 Å². The lowest BCUT2D eigenvalue weighted by atomic mass is 10.0. The molecule has 3 amide bonds. The first-order chi connectivity index (χ1) is 23.4. The SMILES string of the molecule is COc1ccc(NC(=O)N(C)C[C@@H]2OCCCC[C@H](C)Oc3ccc(NS(=O)(=O)c4ccccc4)cc3C(=O)N([C@@H](C)CO)C[C@@H]2C)cc1. The van der Waals surface area contributed by atoms with E-state index < -0.39 is 28.1 Å². The largest absolute Gasteiger partial charge is 0.497 e. The van der Waals surface area contributed by atoms with Crippen LogP contribution < -0.4 is 19.5 Å². The number of hydrogen-bond donors (Lipinski definition) is 3. The normalized spacial score (nSPS) is 19.8. The van der Waals surface area contributed by atoms with Crippen molar-refractivity contribution in [1.82, 2.24) is 9.80 Å². The van der Waals surface area contributed by atoms with Crippen LogP contribution in [0.1, 0.15) is 50.4 Å². The molecule has 0 bridgehead atoms. The number of sulfonamides is 1. The second kappa shape index (κ2) is 17.4. The van der Waals surface area contributed by atoms with Crippen LogP contribution in [-0.4, -0.2) is 94.0 Å². The molecular weight excluding hydrogens is 648 g/mol. The summed E-state index contributed by atoms with van der Waals surface area (Å²) in [7, 11) is -0.662. The number of urea groups is 1. The van der Waals surface area contributed by atoms with E-state index in [4.69, 9.17) is 14.2 Å². The average molecular weight is 697 g/mol. The molecule has 266 valence electrons. The van der Waals surface area contributed by atoms with Crippen molar-refractivity contribution in [2.75, 3.05) is 50.5 Å². The van der Waals surface area contributed by atoms with Gasteiger partial charge in [-0.3, -0.25) is 9.52 Å². The zero-order chi connectivity index (χ0) is 35.6. The first-order valence-electron chi connectivity index (χ1n) is 16.5. The molecule has 0 aromatic heterocycles. The van der Waals surface area contributed by atoms with Crippen molar-refractivity contribution in [3.63, 3.8) is 0 Å². The molecule has 12 nitrogen and oxygen atoms in total. The van der Waals surface area contributed by atoms with E-state index in [2.05, 4.69) is 10.0 Å². The van der Waals surface area contributed by atoms with Gasteiger partial charge < -0.3 is 34.4 Å². The first-order valence-corrected chi connectivity index (χ1v) is 18.0. The number of fused-ring (bicyclic) bond motifs is 1. The summed E-state index contributed by atoms with van der Waals surface area (Å²) in [6, 6.07) is 18.7. The predicted molar refractivity (Wildman–Crippen MR) is 189 cm³/mol. The van der Waals surface area contributed by atoms with Crippen molar-refractivity contribution in [3.05, 3.63) is 78.4 Å². The van der Waals surface area contributed by atoms with Gasteiger partial charge in [-0.15, -0.1) is 0 Å². The number of ether oxygens (including phenoxy) is 3. The van der Waals surface area contributed by atoms with Gasteiger partial charge in [0, 0.05) is 44.0 Å². The smallest absolute Gasteiger partial charge is 0.321 e. The van der Waals surface area contributed by atoms with Crippen molar-refractivity contribution in [3.8, 4) is 11.5 Å². The zero-order valence-corrected chi connectivity index (χ0v) is 29.6. The number of nitrogens with one attached hydrogen (secondary N) is 2. The number of benzene rings is 3. The maximum atomic E-state index is 14.4. The van der Waals surface area contributed by atoms with Crippen LogP contribution in [0.15, 0.2) is 77.7 Å². The highest BCUT2D eigenvalue weighted by molar-refractivity contribution is 7.92. The van der Waals surface area contributed by atoms with Gasteiger partial charge in [-0.2, -0.15) is 0 Å². The molecule has 0 saturated heterocycles. The number of carbonyl (C=O) groups is 2. The maximum Gasteiger partial charge on any atom is 0.321 e. The Bertz CT molecular complexity index is 1640. The molecular formula is C36H48N4O8S. The van der Waals surface area contributed by atoms with E-state index in [0.717, 1.165) is 12.8 Å². The quantitative estimate of drug-likeness (QED) is 0.268. The van der Waals surface area contributed by atoms with Gasteiger partial charge in [0.2, 0.25) is 0 Å². The molecule has 0 aliphatic carbocycles. The number of nitrogens with zero attached hydrogens (tertiary/aromatic N) is 2. The minimum Gasteiger partial charge on any atom is -0.497 e. The van der Waals surface area contributed by atoms with Gasteiger partial charge in [0.1, 0.15) is 11.5 Å². The maximum absolute atomic E-state index is 14.4. The standard InChI is InChI=1S/C36H48N4O8S/c1-25-22-40(26(2)24-41)35(42)32-21-29(38-49(44,45)31-12-7-6-8-13-31)16-19-33(32)48-27(3)11-9-10-20-47-34(25)23-39(4)36(43)37-28-14-17-30(46-5)18-15-28/h6-8,12-19,21,25-27,34,38,41H,9-11,20,22-24H2,1-5H3,(H,37,43)/t25-,26-,27-,34-/m0/s1. The van der Waals surface area contributed by atoms with Crippen molar-refractivity contribution in [2.24, 2.45) is 5.92 Å². The van der Waals surface area contributed by atoms with Crippen molar-refractivity contribution < 1.29 is 37.3 Å². The molecule has 1 heterocycles. The van der Waals surface area contributed by atoms with E-state index >= 15 is 0 Å². The average Bonchev–Trinajstić information content (AvgIpc) is 3.10. The molecule has 0 unspecified atom stereocenters. The number of carbonyl (C=O) groups excluding carboxylic acids is 2. The first kappa shape index (κ1) is 37.5. The van der Waals surface area contributed by atoms with Crippen LogP contribution in [0.2, 0.25) is 0 Å². The Hall–Kier alpha value is -4.33. The third-order valence-corrected chi connectivity index (χ3v) is 9.90. The number of amides is 3. The highest BCUT2D eigenvalue weighted by Gasteiger charge is 2.31. The molecule has 1 aliphatic rings. The second-order valence-corrected chi connectivity index (χ2v) is 14.2. The number of rotatable bonds is 9. The molecule has 3 N–H and O–H groups in total. The summed E-state index contributed by atoms with van der Waals surface area (Å²) in [5, 5.41) is 13.1. The van der Waals surface area contributed by atoms with Crippen LogP contribution in [0, 0.1) is 5.92 Å². The van der Waals surface area contributed by atoms with Gasteiger partial charge in [0.05, 0.1) is 42.4 Å². The number of methoxy groups -OCH3 is 1. The number of aliphatic hydroxyl groups excluding tert-OH is 1. The monoisotopic (exact) mass is 696 g/mol.